The second kappa shape index (κ2) is 5.08. The Bertz CT molecular complexity index is 443. The number of hydrogen-bond acceptors (Lipinski definition) is 3. The molecule has 2 rings (SSSR count). The molecular weight excluding hydrogens is 282 g/mol. The van der Waals surface area contributed by atoms with Crippen molar-refractivity contribution in [1.82, 2.24) is 0 Å². The van der Waals surface area contributed by atoms with Gasteiger partial charge in [-0.3, -0.25) is 0 Å². The van der Waals surface area contributed by atoms with E-state index in [1.165, 1.54) is 0 Å². The third-order valence-electron chi connectivity index (χ3n) is 2.84. The number of halogens is 1. The summed E-state index contributed by atoms with van der Waals surface area (Å²) in [6.07, 6.45) is 0. The van der Waals surface area contributed by atoms with Gasteiger partial charge in [-0.05, 0) is 24.1 Å². The van der Waals surface area contributed by atoms with Gasteiger partial charge in [-0.1, -0.05) is 29.8 Å². The molecule has 1 heterocycles. The maximum atomic E-state index is 5.65. The van der Waals surface area contributed by atoms with E-state index in [1.54, 1.807) is 7.11 Å². The molecule has 1 aromatic rings. The highest BCUT2D eigenvalue weighted by Gasteiger charge is 2.24. The number of benzene rings is 1. The Labute approximate surface area is 110 Å². The lowest BCUT2D eigenvalue weighted by atomic mass is 10.1. The van der Waals surface area contributed by atoms with Crippen molar-refractivity contribution >= 4 is 21.8 Å². The van der Waals surface area contributed by atoms with Crippen LogP contribution in [0.15, 0.2) is 27.7 Å². The molecule has 1 aromatic carbocycles. The number of rotatable bonds is 3. The molecule has 1 atom stereocenters. The Morgan fingerprint density at radius 2 is 2.24 bits per heavy atom. The van der Waals surface area contributed by atoms with Gasteiger partial charge in [0.1, 0.15) is 12.4 Å². The van der Waals surface area contributed by atoms with Crippen LogP contribution in [0.5, 0.6) is 5.75 Å². The monoisotopic (exact) mass is 297 g/mol. The summed E-state index contributed by atoms with van der Waals surface area (Å²) in [4.78, 5) is 4.60. The van der Waals surface area contributed by atoms with Gasteiger partial charge in [-0.2, -0.15) is 0 Å². The normalized spacial score (nSPS) is 19.1. The second-order valence-corrected chi connectivity index (χ2v) is 5.32. The molecule has 0 N–H and O–H groups in total. The van der Waals surface area contributed by atoms with E-state index in [2.05, 4.69) is 34.8 Å². The first-order valence-electron chi connectivity index (χ1n) is 5.66. The highest BCUT2D eigenvalue weighted by Crippen LogP contribution is 2.27. The standard InChI is InChI=1S/C13H16BrNO2/c1-8(2)11-7-17-13(15-11)10-5-4-9(14)6-12(10)16-3/h4-6,8,11H,7H2,1-3H3. The lowest BCUT2D eigenvalue weighted by molar-refractivity contribution is 0.291. The zero-order valence-corrected chi connectivity index (χ0v) is 11.8. The van der Waals surface area contributed by atoms with Gasteiger partial charge >= 0.3 is 0 Å². The van der Waals surface area contributed by atoms with Crippen LogP contribution >= 0.6 is 15.9 Å². The van der Waals surface area contributed by atoms with Gasteiger partial charge in [0.15, 0.2) is 0 Å². The fourth-order valence-corrected chi connectivity index (χ4v) is 2.06. The predicted octanol–water partition coefficient (Wildman–Crippen LogP) is 3.26. The molecule has 0 saturated carbocycles. The van der Waals surface area contributed by atoms with Crippen LogP contribution in [0, 0.1) is 5.92 Å². The molecule has 4 heteroatoms. The fraction of sp³-hybridized carbons (Fsp3) is 0.462. The van der Waals surface area contributed by atoms with Crippen LogP contribution in [0.25, 0.3) is 0 Å². The third-order valence-corrected chi connectivity index (χ3v) is 3.33. The van der Waals surface area contributed by atoms with E-state index in [-0.39, 0.29) is 6.04 Å². The molecule has 0 saturated heterocycles. The summed E-state index contributed by atoms with van der Waals surface area (Å²) in [5, 5.41) is 0. The van der Waals surface area contributed by atoms with E-state index in [1.807, 2.05) is 18.2 Å². The van der Waals surface area contributed by atoms with Gasteiger partial charge in [0.2, 0.25) is 5.90 Å². The molecule has 0 aromatic heterocycles. The van der Waals surface area contributed by atoms with Crippen molar-refractivity contribution in [2.75, 3.05) is 13.7 Å². The lowest BCUT2D eigenvalue weighted by Crippen LogP contribution is -2.13. The molecule has 3 nitrogen and oxygen atoms in total. The Morgan fingerprint density at radius 1 is 1.47 bits per heavy atom. The Kier molecular flexibility index (Phi) is 3.72. The smallest absolute Gasteiger partial charge is 0.220 e. The van der Waals surface area contributed by atoms with Gasteiger partial charge < -0.3 is 9.47 Å². The van der Waals surface area contributed by atoms with E-state index in [0.717, 1.165) is 15.8 Å². The summed E-state index contributed by atoms with van der Waals surface area (Å²) in [5.74, 6) is 1.96. The first-order chi connectivity index (χ1) is 8.11. The highest BCUT2D eigenvalue weighted by molar-refractivity contribution is 9.10. The lowest BCUT2D eigenvalue weighted by Gasteiger charge is -2.08. The van der Waals surface area contributed by atoms with Crippen molar-refractivity contribution < 1.29 is 9.47 Å². The average Bonchev–Trinajstić information content (AvgIpc) is 2.78. The highest BCUT2D eigenvalue weighted by atomic mass is 79.9. The van der Waals surface area contributed by atoms with Crippen LogP contribution in [0.1, 0.15) is 19.4 Å². The van der Waals surface area contributed by atoms with Crippen molar-refractivity contribution in [3.05, 3.63) is 28.2 Å². The van der Waals surface area contributed by atoms with Gasteiger partial charge in [0.25, 0.3) is 0 Å². The summed E-state index contributed by atoms with van der Waals surface area (Å²) < 4.78 is 12.0. The number of aliphatic imine (C=N–C) groups is 1. The maximum Gasteiger partial charge on any atom is 0.220 e. The van der Waals surface area contributed by atoms with Crippen molar-refractivity contribution in [3.8, 4) is 5.75 Å². The summed E-state index contributed by atoms with van der Waals surface area (Å²) in [6.45, 7) is 4.96. The van der Waals surface area contributed by atoms with E-state index in [4.69, 9.17) is 9.47 Å². The van der Waals surface area contributed by atoms with Crippen molar-refractivity contribution in [2.24, 2.45) is 10.9 Å². The molecule has 1 unspecified atom stereocenters. The summed E-state index contributed by atoms with van der Waals surface area (Å²) >= 11 is 3.42. The molecule has 0 aliphatic carbocycles. The quantitative estimate of drug-likeness (QED) is 0.857. The zero-order valence-electron chi connectivity index (χ0n) is 10.2. The maximum absolute atomic E-state index is 5.65. The zero-order chi connectivity index (χ0) is 12.4. The van der Waals surface area contributed by atoms with Crippen LogP contribution in [0.2, 0.25) is 0 Å². The summed E-state index contributed by atoms with van der Waals surface area (Å²) in [6, 6.07) is 6.10. The minimum atomic E-state index is 0.248. The van der Waals surface area contributed by atoms with Crippen molar-refractivity contribution in [1.29, 1.82) is 0 Å². The third kappa shape index (κ3) is 2.63. The van der Waals surface area contributed by atoms with Crippen LogP contribution in [0.4, 0.5) is 0 Å². The van der Waals surface area contributed by atoms with E-state index < -0.39 is 0 Å². The molecular formula is C13H16BrNO2. The average molecular weight is 298 g/mol. The van der Waals surface area contributed by atoms with E-state index in [9.17, 15) is 0 Å². The SMILES string of the molecule is COc1cc(Br)ccc1C1=NC(C(C)C)CO1. The van der Waals surface area contributed by atoms with Gasteiger partial charge in [0.05, 0.1) is 18.7 Å². The molecule has 1 aliphatic rings. The topological polar surface area (TPSA) is 30.8 Å². The van der Waals surface area contributed by atoms with Crippen molar-refractivity contribution in [3.63, 3.8) is 0 Å². The first kappa shape index (κ1) is 12.4. The summed E-state index contributed by atoms with van der Waals surface area (Å²) in [7, 11) is 1.65. The molecule has 1 aliphatic heterocycles. The predicted molar refractivity (Wildman–Crippen MR) is 71.8 cm³/mol. The fourth-order valence-electron chi connectivity index (χ4n) is 1.72. The van der Waals surface area contributed by atoms with Gasteiger partial charge in [-0.15, -0.1) is 0 Å². The second-order valence-electron chi connectivity index (χ2n) is 4.40. The Balaban J connectivity index is 2.32. The molecule has 92 valence electrons. The largest absolute Gasteiger partial charge is 0.496 e. The van der Waals surface area contributed by atoms with E-state index >= 15 is 0 Å². The van der Waals surface area contributed by atoms with Crippen LogP contribution < -0.4 is 4.74 Å². The van der Waals surface area contributed by atoms with Crippen molar-refractivity contribution in [2.45, 2.75) is 19.9 Å². The molecule has 0 amide bonds. The van der Waals surface area contributed by atoms with E-state index in [0.29, 0.717) is 18.4 Å². The Morgan fingerprint density at radius 3 is 2.82 bits per heavy atom. The van der Waals surface area contributed by atoms with Gasteiger partial charge in [0, 0.05) is 4.47 Å². The van der Waals surface area contributed by atoms with Crippen LogP contribution in [-0.4, -0.2) is 25.7 Å². The van der Waals surface area contributed by atoms with Crippen LogP contribution in [-0.2, 0) is 4.74 Å². The molecule has 0 spiro atoms. The first-order valence-corrected chi connectivity index (χ1v) is 6.45. The number of nitrogens with zero attached hydrogens (tertiary/aromatic N) is 1. The minimum Gasteiger partial charge on any atom is -0.496 e. The molecule has 0 bridgehead atoms. The molecule has 0 fully saturated rings. The summed E-state index contributed by atoms with van der Waals surface area (Å²) in [5.41, 5.74) is 0.916. The van der Waals surface area contributed by atoms with Gasteiger partial charge in [-0.25, -0.2) is 4.99 Å². The number of ether oxygens (including phenoxy) is 2. The van der Waals surface area contributed by atoms with Crippen LogP contribution in [0.3, 0.4) is 0 Å². The molecule has 0 radical (unpaired) electrons. The molecule has 17 heavy (non-hydrogen) atoms. The minimum absolute atomic E-state index is 0.248. The number of hydrogen-bond donors (Lipinski definition) is 0. The number of methoxy groups -OCH3 is 1. The Hall–Kier alpha value is -1.03.